The van der Waals surface area contributed by atoms with Crippen molar-refractivity contribution >= 4 is 35.3 Å². The Bertz CT molecular complexity index is 1560. The third-order valence-electron chi connectivity index (χ3n) is 9.36. The second kappa shape index (κ2) is 37.1. The number of piperidine rings is 1. The lowest BCUT2D eigenvalue weighted by Gasteiger charge is -2.27. The van der Waals surface area contributed by atoms with E-state index in [0.717, 1.165) is 4.90 Å². The zero-order valence-corrected chi connectivity index (χ0v) is 40.2. The van der Waals surface area contributed by atoms with Gasteiger partial charge in [-0.05, 0) is 39.3 Å². The lowest BCUT2D eigenvalue weighted by molar-refractivity contribution is -0.156. The van der Waals surface area contributed by atoms with E-state index in [1.807, 2.05) is 20.8 Å². The molecule has 4 amide bonds. The Morgan fingerprint density at radius 2 is 0.912 bits per heavy atom. The zero-order valence-electron chi connectivity index (χ0n) is 40.2. The minimum absolute atomic E-state index is 0.0607. The van der Waals surface area contributed by atoms with Gasteiger partial charge in [-0.2, -0.15) is 0 Å². The fourth-order valence-corrected chi connectivity index (χ4v) is 6.21. The molecule has 0 spiro atoms. The van der Waals surface area contributed by atoms with E-state index in [1.54, 1.807) is 18.2 Å². The molecule has 0 radical (unpaired) electrons. The highest BCUT2D eigenvalue weighted by atomic mass is 16.6. The average molecular weight is 974 g/mol. The minimum Gasteiger partial charge on any atom is -0.460 e. The Morgan fingerprint density at radius 1 is 0.544 bits per heavy atom. The fraction of sp³-hybridized carbons (Fsp3) is 0.761. The average Bonchev–Trinajstić information content (AvgIpc) is 3.56. The summed E-state index contributed by atoms with van der Waals surface area (Å²) in [6, 6.07) is 3.89. The van der Waals surface area contributed by atoms with Crippen LogP contribution in [0.3, 0.4) is 0 Å². The third kappa shape index (κ3) is 26.9. The summed E-state index contributed by atoms with van der Waals surface area (Å²) in [7, 11) is 0. The van der Waals surface area contributed by atoms with Gasteiger partial charge >= 0.3 is 5.97 Å². The number of amides is 4. The molecule has 1 aromatic carbocycles. The maximum atomic E-state index is 13.2. The second-order valence-corrected chi connectivity index (χ2v) is 15.9. The van der Waals surface area contributed by atoms with Crippen molar-refractivity contribution < 1.29 is 90.3 Å². The molecule has 1 saturated heterocycles. The van der Waals surface area contributed by atoms with Crippen molar-refractivity contribution in [1.29, 1.82) is 0 Å². The summed E-state index contributed by atoms with van der Waals surface area (Å²) in [4.78, 5) is 62.5. The molecule has 2 N–H and O–H groups in total. The first-order valence-electron chi connectivity index (χ1n) is 23.4. The molecule has 1 atom stereocenters. The molecule has 1 fully saturated rings. The van der Waals surface area contributed by atoms with Gasteiger partial charge < -0.3 is 71.6 Å². The van der Waals surface area contributed by atoms with Crippen molar-refractivity contribution in [2.24, 2.45) is 0 Å². The summed E-state index contributed by atoms with van der Waals surface area (Å²) in [5.74, 6) is -2.46. The van der Waals surface area contributed by atoms with E-state index in [-0.39, 0.29) is 36.4 Å². The van der Waals surface area contributed by atoms with Crippen LogP contribution >= 0.6 is 0 Å². The molecule has 0 bridgehead atoms. The first-order valence-corrected chi connectivity index (χ1v) is 23.4. The fourth-order valence-electron chi connectivity index (χ4n) is 6.21. The Labute approximate surface area is 399 Å². The number of nitrogens with zero attached hydrogens (tertiary/aromatic N) is 1. The molecule has 3 rings (SSSR count). The largest absolute Gasteiger partial charge is 0.460 e. The molecule has 1 aromatic rings. The Balaban J connectivity index is 0.943. The molecule has 22 heteroatoms. The first kappa shape index (κ1) is 58.6. The van der Waals surface area contributed by atoms with Gasteiger partial charge in [-0.15, -0.1) is 0 Å². The van der Waals surface area contributed by atoms with E-state index >= 15 is 0 Å². The molecule has 1 unspecified atom stereocenters. The smallest absolute Gasteiger partial charge is 0.308 e. The highest BCUT2D eigenvalue weighted by molar-refractivity contribution is 6.25. The Morgan fingerprint density at radius 3 is 1.28 bits per heavy atom. The number of fused-ring (bicyclic) bond motifs is 1. The van der Waals surface area contributed by atoms with Crippen molar-refractivity contribution in [2.45, 2.75) is 51.7 Å². The molecule has 2 heterocycles. The second-order valence-electron chi connectivity index (χ2n) is 15.9. The van der Waals surface area contributed by atoms with Gasteiger partial charge in [-0.3, -0.25) is 34.2 Å². The minimum atomic E-state index is -1.02. The summed E-state index contributed by atoms with van der Waals surface area (Å²) in [5.41, 5.74) is 0.405. The van der Waals surface area contributed by atoms with Crippen LogP contribution in [-0.2, 0) is 80.7 Å². The van der Waals surface area contributed by atoms with Crippen LogP contribution in [0.4, 0.5) is 5.69 Å². The molecule has 2 aliphatic heterocycles. The predicted molar refractivity (Wildman–Crippen MR) is 243 cm³/mol. The van der Waals surface area contributed by atoms with Crippen molar-refractivity contribution in [3.63, 3.8) is 0 Å². The number of rotatable bonds is 44. The van der Waals surface area contributed by atoms with Gasteiger partial charge in [0.25, 0.3) is 11.8 Å². The van der Waals surface area contributed by atoms with Gasteiger partial charge in [0.05, 0.1) is 189 Å². The number of hydrogen-bond donors (Lipinski definition) is 2. The van der Waals surface area contributed by atoms with Crippen LogP contribution in [0.2, 0.25) is 0 Å². The molecule has 2 aliphatic rings. The van der Waals surface area contributed by atoms with Gasteiger partial charge in [0.15, 0.2) is 0 Å². The normalized spacial score (nSPS) is 15.0. The van der Waals surface area contributed by atoms with Crippen LogP contribution in [-0.4, -0.2) is 224 Å². The van der Waals surface area contributed by atoms with E-state index < -0.39 is 35.3 Å². The van der Waals surface area contributed by atoms with E-state index in [4.69, 9.17) is 66.3 Å². The topological polar surface area (TPSA) is 242 Å². The monoisotopic (exact) mass is 973 g/mol. The molecule has 22 nitrogen and oxygen atoms in total. The van der Waals surface area contributed by atoms with Crippen molar-refractivity contribution in [3.05, 3.63) is 29.3 Å². The molecule has 0 saturated carbocycles. The maximum absolute atomic E-state index is 13.2. The lowest BCUT2D eigenvalue weighted by Crippen LogP contribution is -2.54. The number of ether oxygens (including phenoxy) is 14. The standard InChI is InChI=1S/C46H75N3O19/c1-46(2,3)68-41(51)9-11-55-13-15-57-17-19-59-21-23-61-25-27-63-29-31-65-33-35-67-36-34-66-32-30-64-28-26-62-24-22-60-20-18-58-16-14-56-12-10-47-38-6-4-5-37-42(38)45(54)49(44(37)53)39-7-8-40(50)48-43(39)52/h4-6,39,47H,7-36H2,1-3H3,(H,48,50,52). The zero-order chi connectivity index (χ0) is 48.9. The Kier molecular flexibility index (Phi) is 32.0. The van der Waals surface area contributed by atoms with Crippen LogP contribution in [0.5, 0.6) is 0 Å². The quantitative estimate of drug-likeness (QED) is 0.0534. The van der Waals surface area contributed by atoms with Gasteiger partial charge in [0.2, 0.25) is 11.8 Å². The lowest BCUT2D eigenvalue weighted by atomic mass is 10.0. The van der Waals surface area contributed by atoms with Crippen molar-refractivity contribution in [3.8, 4) is 0 Å². The summed E-state index contributed by atoms with van der Waals surface area (Å²) in [6.07, 6.45) is 0.379. The number of esters is 1. The van der Waals surface area contributed by atoms with Gasteiger partial charge in [0, 0.05) is 18.7 Å². The summed E-state index contributed by atoms with van der Waals surface area (Å²) in [5, 5.41) is 5.33. The van der Waals surface area contributed by atoms with E-state index in [0.29, 0.717) is 184 Å². The summed E-state index contributed by atoms with van der Waals surface area (Å²) >= 11 is 0. The van der Waals surface area contributed by atoms with Crippen molar-refractivity contribution in [1.82, 2.24) is 10.2 Å². The number of nitrogens with one attached hydrogen (secondary N) is 2. The summed E-state index contributed by atoms with van der Waals surface area (Å²) in [6.45, 7) is 17.2. The van der Waals surface area contributed by atoms with Crippen LogP contribution < -0.4 is 10.6 Å². The summed E-state index contributed by atoms with van der Waals surface area (Å²) < 4.78 is 76.6. The van der Waals surface area contributed by atoms with Crippen LogP contribution in [0.25, 0.3) is 0 Å². The van der Waals surface area contributed by atoms with Crippen LogP contribution in [0.15, 0.2) is 18.2 Å². The van der Waals surface area contributed by atoms with Crippen LogP contribution in [0.1, 0.15) is 60.7 Å². The number of anilines is 1. The van der Waals surface area contributed by atoms with E-state index in [1.165, 1.54) is 0 Å². The molecular formula is C46H75N3O19. The highest BCUT2D eigenvalue weighted by Crippen LogP contribution is 2.32. The van der Waals surface area contributed by atoms with E-state index in [2.05, 4.69) is 10.6 Å². The first-order chi connectivity index (χ1) is 33.1. The SMILES string of the molecule is CC(C)(C)OC(=O)CCOCCOCCOCCOCCOCCOCCOCCOCCOCCOCCOCCOCCOCCNc1cccc2c1C(=O)N(C1CCC(=O)NC1=O)C2=O. The predicted octanol–water partition coefficient (Wildman–Crippen LogP) is 1.45. The molecule has 0 aromatic heterocycles. The number of benzene rings is 1. The van der Waals surface area contributed by atoms with E-state index in [9.17, 15) is 24.0 Å². The number of carbonyl (C=O) groups is 5. The maximum Gasteiger partial charge on any atom is 0.308 e. The third-order valence-corrected chi connectivity index (χ3v) is 9.36. The highest BCUT2D eigenvalue weighted by Gasteiger charge is 2.45. The van der Waals surface area contributed by atoms with Gasteiger partial charge in [-0.25, -0.2) is 0 Å². The number of hydrogen-bond acceptors (Lipinski definition) is 20. The number of imide groups is 2. The molecule has 388 valence electrons. The van der Waals surface area contributed by atoms with Crippen molar-refractivity contribution in [2.75, 3.05) is 184 Å². The molecular weight excluding hydrogens is 899 g/mol. The Hall–Kier alpha value is -3.75. The molecule has 68 heavy (non-hydrogen) atoms. The van der Waals surface area contributed by atoms with Gasteiger partial charge in [-0.1, -0.05) is 6.07 Å². The van der Waals surface area contributed by atoms with Gasteiger partial charge in [0.1, 0.15) is 11.6 Å². The number of carbonyl (C=O) groups excluding carboxylic acids is 5. The molecule has 0 aliphatic carbocycles. The van der Waals surface area contributed by atoms with Crippen LogP contribution in [0, 0.1) is 0 Å².